The Hall–Kier alpha value is -4.46. The molecule has 3 aromatic rings. The van der Waals surface area contributed by atoms with Gasteiger partial charge in [0.1, 0.15) is 11.5 Å². The van der Waals surface area contributed by atoms with E-state index in [0.717, 1.165) is 5.56 Å². The number of Topliss-reactive ketones (excluding diaryl/α,β-unsaturated/α-hetero) is 1. The molecule has 1 fully saturated rings. The van der Waals surface area contributed by atoms with Crippen LogP contribution in [-0.4, -0.2) is 45.2 Å². The van der Waals surface area contributed by atoms with Crippen molar-refractivity contribution in [1.29, 1.82) is 0 Å². The summed E-state index contributed by atoms with van der Waals surface area (Å²) in [5.74, 6) is -0.319. The molecule has 4 rings (SSSR count). The first-order valence-electron chi connectivity index (χ1n) is 11.2. The molecule has 1 aliphatic rings. The molecule has 0 aromatic heterocycles. The number of nitrogens with zero attached hydrogens (tertiary/aromatic N) is 1. The average molecular weight is 490 g/mol. The predicted octanol–water partition coefficient (Wildman–Crippen LogP) is 4.66. The number of methoxy groups -OCH3 is 4. The predicted molar refractivity (Wildman–Crippen MR) is 135 cm³/mol. The van der Waals surface area contributed by atoms with E-state index in [-0.39, 0.29) is 11.3 Å². The number of para-hydroxylation sites is 1. The fourth-order valence-corrected chi connectivity index (χ4v) is 4.42. The molecule has 186 valence electrons. The summed E-state index contributed by atoms with van der Waals surface area (Å²) >= 11 is 0. The lowest BCUT2D eigenvalue weighted by Gasteiger charge is -2.27. The molecule has 1 aliphatic heterocycles. The SMILES string of the molecule is COc1cccc(/C(O)=C2\C(=O)C(=O)N(c3ccccc3C)C2c2cc(OC)c(OC)c(OC)c2)c1. The minimum Gasteiger partial charge on any atom is -0.507 e. The van der Waals surface area contributed by atoms with E-state index in [0.29, 0.717) is 39.8 Å². The first-order chi connectivity index (χ1) is 17.4. The second-order valence-corrected chi connectivity index (χ2v) is 8.15. The molecule has 0 radical (unpaired) electrons. The third-order valence-electron chi connectivity index (χ3n) is 6.17. The summed E-state index contributed by atoms with van der Waals surface area (Å²) in [7, 11) is 5.96. The molecule has 0 spiro atoms. The van der Waals surface area contributed by atoms with Crippen molar-refractivity contribution < 1.29 is 33.6 Å². The van der Waals surface area contributed by atoms with E-state index in [1.807, 2.05) is 19.1 Å². The quantitative estimate of drug-likeness (QED) is 0.293. The standard InChI is InChI=1S/C28H27NO7/c1-16-9-6-7-12-20(16)29-24(18-14-21(34-3)27(36-5)22(15-18)35-4)23(26(31)28(29)32)25(30)17-10-8-11-19(13-17)33-2/h6-15,24,30H,1-5H3/b25-23+. The van der Waals surface area contributed by atoms with Crippen LogP contribution >= 0.6 is 0 Å². The zero-order chi connectivity index (χ0) is 26.0. The second-order valence-electron chi connectivity index (χ2n) is 8.15. The number of anilines is 1. The molecule has 1 heterocycles. The number of benzene rings is 3. The fourth-order valence-electron chi connectivity index (χ4n) is 4.42. The molecule has 1 N–H and O–H groups in total. The van der Waals surface area contributed by atoms with Crippen LogP contribution in [0.25, 0.3) is 5.76 Å². The molecule has 36 heavy (non-hydrogen) atoms. The van der Waals surface area contributed by atoms with Crippen molar-refractivity contribution in [3.8, 4) is 23.0 Å². The second kappa shape index (κ2) is 10.0. The van der Waals surface area contributed by atoms with E-state index in [9.17, 15) is 14.7 Å². The van der Waals surface area contributed by atoms with Gasteiger partial charge in [-0.1, -0.05) is 30.3 Å². The lowest BCUT2D eigenvalue weighted by atomic mass is 9.94. The third kappa shape index (κ3) is 4.11. The normalized spacial score (nSPS) is 16.7. The van der Waals surface area contributed by atoms with Crippen molar-refractivity contribution in [2.24, 2.45) is 0 Å². The van der Waals surface area contributed by atoms with Gasteiger partial charge < -0.3 is 24.1 Å². The molecule has 0 bridgehead atoms. The number of carbonyl (C=O) groups is 2. The van der Waals surface area contributed by atoms with Crippen LogP contribution in [0.3, 0.4) is 0 Å². The number of rotatable bonds is 7. The Morgan fingerprint density at radius 3 is 2.08 bits per heavy atom. The lowest BCUT2D eigenvalue weighted by molar-refractivity contribution is -0.132. The minimum atomic E-state index is -0.967. The van der Waals surface area contributed by atoms with Crippen molar-refractivity contribution in [2.45, 2.75) is 13.0 Å². The summed E-state index contributed by atoms with van der Waals surface area (Å²) in [6.07, 6.45) is 0. The Kier molecular flexibility index (Phi) is 6.87. The molecular weight excluding hydrogens is 462 g/mol. The Morgan fingerprint density at radius 2 is 1.50 bits per heavy atom. The molecule has 8 nitrogen and oxygen atoms in total. The van der Waals surface area contributed by atoms with E-state index in [1.54, 1.807) is 48.5 Å². The van der Waals surface area contributed by atoms with E-state index < -0.39 is 17.7 Å². The van der Waals surface area contributed by atoms with Crippen molar-refractivity contribution in [1.82, 2.24) is 0 Å². The number of ketones is 1. The monoisotopic (exact) mass is 489 g/mol. The van der Waals surface area contributed by atoms with Gasteiger partial charge in [-0.15, -0.1) is 0 Å². The summed E-state index contributed by atoms with van der Waals surface area (Å²) in [6, 6.07) is 16.3. The van der Waals surface area contributed by atoms with E-state index in [1.165, 1.54) is 33.3 Å². The van der Waals surface area contributed by atoms with E-state index in [4.69, 9.17) is 18.9 Å². The smallest absolute Gasteiger partial charge is 0.300 e. The zero-order valence-electron chi connectivity index (χ0n) is 20.7. The highest BCUT2D eigenvalue weighted by Crippen LogP contribution is 2.47. The summed E-state index contributed by atoms with van der Waals surface area (Å²) in [5.41, 5.74) is 2.11. The van der Waals surface area contributed by atoms with Crippen molar-refractivity contribution >= 4 is 23.1 Å². The van der Waals surface area contributed by atoms with Crippen LogP contribution in [0.4, 0.5) is 5.69 Å². The highest BCUT2D eigenvalue weighted by atomic mass is 16.5. The van der Waals surface area contributed by atoms with Gasteiger partial charge in [0.05, 0.1) is 40.1 Å². The van der Waals surface area contributed by atoms with Gasteiger partial charge in [-0.05, 0) is 48.4 Å². The van der Waals surface area contributed by atoms with Gasteiger partial charge in [0.25, 0.3) is 11.7 Å². The maximum Gasteiger partial charge on any atom is 0.300 e. The number of aliphatic hydroxyl groups is 1. The molecular formula is C28H27NO7. The van der Waals surface area contributed by atoms with Gasteiger partial charge in [0, 0.05) is 11.3 Å². The highest BCUT2D eigenvalue weighted by molar-refractivity contribution is 6.51. The number of hydrogen-bond donors (Lipinski definition) is 1. The molecule has 0 saturated carbocycles. The first-order valence-corrected chi connectivity index (χ1v) is 11.2. The summed E-state index contributed by atoms with van der Waals surface area (Å²) < 4.78 is 21.8. The summed E-state index contributed by atoms with van der Waals surface area (Å²) in [5, 5.41) is 11.4. The van der Waals surface area contributed by atoms with Crippen LogP contribution in [0.15, 0.2) is 66.2 Å². The number of hydrogen-bond acceptors (Lipinski definition) is 7. The van der Waals surface area contributed by atoms with Gasteiger partial charge in [-0.25, -0.2) is 0 Å². The lowest BCUT2D eigenvalue weighted by Crippen LogP contribution is -2.30. The Morgan fingerprint density at radius 1 is 0.833 bits per heavy atom. The average Bonchev–Trinajstić information content (AvgIpc) is 3.17. The van der Waals surface area contributed by atoms with Crippen molar-refractivity contribution in [3.05, 3.63) is 82.9 Å². The molecule has 1 unspecified atom stereocenters. The molecule has 3 aromatic carbocycles. The van der Waals surface area contributed by atoms with Crippen LogP contribution in [0.5, 0.6) is 23.0 Å². The number of aryl methyl sites for hydroxylation is 1. The van der Waals surface area contributed by atoms with Gasteiger partial charge >= 0.3 is 0 Å². The van der Waals surface area contributed by atoms with Crippen LogP contribution in [0, 0.1) is 6.92 Å². The van der Waals surface area contributed by atoms with Crippen LogP contribution in [0.1, 0.15) is 22.7 Å². The van der Waals surface area contributed by atoms with Crippen LogP contribution in [-0.2, 0) is 9.59 Å². The third-order valence-corrected chi connectivity index (χ3v) is 6.17. The Labute approximate surface area is 209 Å². The van der Waals surface area contributed by atoms with Gasteiger partial charge in [0.15, 0.2) is 11.5 Å². The highest BCUT2D eigenvalue weighted by Gasteiger charge is 2.47. The maximum absolute atomic E-state index is 13.5. The number of carbonyl (C=O) groups excluding carboxylic acids is 2. The van der Waals surface area contributed by atoms with Crippen LogP contribution in [0.2, 0.25) is 0 Å². The molecule has 1 atom stereocenters. The molecule has 0 aliphatic carbocycles. The van der Waals surface area contributed by atoms with E-state index in [2.05, 4.69) is 0 Å². The van der Waals surface area contributed by atoms with Gasteiger partial charge in [0.2, 0.25) is 5.75 Å². The number of amides is 1. The fraction of sp³-hybridized carbons (Fsp3) is 0.214. The molecule has 1 saturated heterocycles. The van der Waals surface area contributed by atoms with Crippen LogP contribution < -0.4 is 23.8 Å². The molecule has 8 heteroatoms. The van der Waals surface area contributed by atoms with E-state index >= 15 is 0 Å². The summed E-state index contributed by atoms with van der Waals surface area (Å²) in [6.45, 7) is 1.85. The number of aliphatic hydroxyl groups excluding tert-OH is 1. The number of ether oxygens (including phenoxy) is 4. The molecule has 1 amide bonds. The maximum atomic E-state index is 13.5. The Bertz CT molecular complexity index is 1340. The zero-order valence-corrected chi connectivity index (χ0v) is 20.7. The topological polar surface area (TPSA) is 94.5 Å². The Balaban J connectivity index is 2.04. The van der Waals surface area contributed by atoms with Crippen molar-refractivity contribution in [3.63, 3.8) is 0 Å². The summed E-state index contributed by atoms with van der Waals surface area (Å²) in [4.78, 5) is 28.3. The minimum absolute atomic E-state index is 0.0641. The van der Waals surface area contributed by atoms with Gasteiger partial charge in [-0.3, -0.25) is 14.5 Å². The van der Waals surface area contributed by atoms with Crippen molar-refractivity contribution in [2.75, 3.05) is 33.3 Å². The van der Waals surface area contributed by atoms with Gasteiger partial charge in [-0.2, -0.15) is 0 Å². The largest absolute Gasteiger partial charge is 0.507 e. The first kappa shape index (κ1) is 24.7.